The standard InChI is InChI=1S/C22H29F3N2O3/c1-13-11-14(26-20(29)30-21(2,3)4)9-10-27(13)19(28)17-12-16(17)15-7-5-6-8-18(15)22(23,24)25/h5-8,13-14,16-17H,9-12H2,1-4H3,(H,26,29). The molecule has 0 spiro atoms. The molecule has 1 aromatic carbocycles. The fourth-order valence-electron chi connectivity index (χ4n) is 4.21. The molecule has 4 unspecified atom stereocenters. The van der Waals surface area contributed by atoms with Crippen molar-refractivity contribution >= 4 is 12.0 Å². The highest BCUT2D eigenvalue weighted by atomic mass is 19.4. The second kappa shape index (κ2) is 8.12. The number of carbonyl (C=O) groups is 2. The van der Waals surface area contributed by atoms with Gasteiger partial charge in [0, 0.05) is 24.5 Å². The van der Waals surface area contributed by atoms with Crippen LogP contribution in [-0.4, -0.2) is 41.1 Å². The van der Waals surface area contributed by atoms with E-state index in [1.54, 1.807) is 31.7 Å². The van der Waals surface area contributed by atoms with E-state index in [1.165, 1.54) is 12.1 Å². The van der Waals surface area contributed by atoms with Crippen LogP contribution in [0.3, 0.4) is 0 Å². The number of nitrogens with zero attached hydrogens (tertiary/aromatic N) is 1. The summed E-state index contributed by atoms with van der Waals surface area (Å²) in [5.74, 6) is -0.897. The van der Waals surface area contributed by atoms with Gasteiger partial charge in [-0.2, -0.15) is 13.2 Å². The largest absolute Gasteiger partial charge is 0.444 e. The molecule has 2 amide bonds. The minimum atomic E-state index is -4.42. The monoisotopic (exact) mass is 426 g/mol. The van der Waals surface area contributed by atoms with Gasteiger partial charge in [-0.15, -0.1) is 0 Å². The van der Waals surface area contributed by atoms with Crippen molar-refractivity contribution in [3.63, 3.8) is 0 Å². The highest BCUT2D eigenvalue weighted by molar-refractivity contribution is 5.83. The summed E-state index contributed by atoms with van der Waals surface area (Å²) in [4.78, 5) is 26.7. The van der Waals surface area contributed by atoms with Crippen LogP contribution in [-0.2, 0) is 15.7 Å². The highest BCUT2D eigenvalue weighted by Crippen LogP contribution is 2.52. The van der Waals surface area contributed by atoms with Gasteiger partial charge >= 0.3 is 12.3 Å². The van der Waals surface area contributed by atoms with Crippen molar-refractivity contribution in [2.24, 2.45) is 5.92 Å². The molecular formula is C22H29F3N2O3. The average molecular weight is 426 g/mol. The minimum Gasteiger partial charge on any atom is -0.444 e. The maximum atomic E-state index is 13.3. The van der Waals surface area contributed by atoms with Gasteiger partial charge in [0.2, 0.25) is 5.91 Å². The Morgan fingerprint density at radius 3 is 2.40 bits per heavy atom. The number of benzene rings is 1. The molecule has 0 bridgehead atoms. The first-order valence-corrected chi connectivity index (χ1v) is 10.3. The van der Waals surface area contributed by atoms with Crippen LogP contribution in [0.2, 0.25) is 0 Å². The SMILES string of the molecule is CC1CC(NC(=O)OC(C)(C)C)CCN1C(=O)C1CC1c1ccccc1C(F)(F)F. The smallest absolute Gasteiger partial charge is 0.416 e. The zero-order chi connectivity index (χ0) is 22.3. The van der Waals surface area contributed by atoms with Gasteiger partial charge in [0.05, 0.1) is 5.56 Å². The highest BCUT2D eigenvalue weighted by Gasteiger charge is 2.50. The lowest BCUT2D eigenvalue weighted by Gasteiger charge is -2.38. The molecule has 1 aromatic rings. The number of carbonyl (C=O) groups excluding carboxylic acids is 2. The molecule has 0 radical (unpaired) electrons. The molecule has 1 heterocycles. The normalized spacial score (nSPS) is 26.8. The maximum absolute atomic E-state index is 13.3. The molecule has 2 fully saturated rings. The molecule has 4 atom stereocenters. The zero-order valence-electron chi connectivity index (χ0n) is 17.8. The number of hydrogen-bond acceptors (Lipinski definition) is 3. The Morgan fingerprint density at radius 1 is 1.13 bits per heavy atom. The van der Waals surface area contributed by atoms with Gasteiger partial charge in [-0.1, -0.05) is 18.2 Å². The van der Waals surface area contributed by atoms with Gasteiger partial charge in [0.15, 0.2) is 0 Å². The number of halogens is 3. The second-order valence-corrected chi connectivity index (χ2v) is 9.28. The molecule has 1 aliphatic carbocycles. The summed E-state index contributed by atoms with van der Waals surface area (Å²) >= 11 is 0. The lowest BCUT2D eigenvalue weighted by molar-refractivity contribution is -0.139. The van der Waals surface area contributed by atoms with Crippen LogP contribution < -0.4 is 5.32 Å². The van der Waals surface area contributed by atoms with Gasteiger partial charge in [-0.25, -0.2) is 4.79 Å². The molecule has 2 aliphatic rings. The molecule has 1 saturated carbocycles. The van der Waals surface area contributed by atoms with Gasteiger partial charge in [0.1, 0.15) is 5.60 Å². The molecule has 1 N–H and O–H groups in total. The summed E-state index contributed by atoms with van der Waals surface area (Å²) in [6.45, 7) is 7.74. The Balaban J connectivity index is 1.58. The molecule has 30 heavy (non-hydrogen) atoms. The van der Waals surface area contributed by atoms with Crippen LogP contribution in [0.1, 0.15) is 64.0 Å². The van der Waals surface area contributed by atoms with E-state index in [0.717, 1.165) is 6.07 Å². The summed E-state index contributed by atoms with van der Waals surface area (Å²) in [6, 6.07) is 5.30. The van der Waals surface area contributed by atoms with Crippen LogP contribution in [0.5, 0.6) is 0 Å². The molecule has 3 rings (SSSR count). The first-order valence-electron chi connectivity index (χ1n) is 10.3. The molecule has 0 aromatic heterocycles. The summed E-state index contributed by atoms with van der Waals surface area (Å²) < 4.78 is 45.2. The fraction of sp³-hybridized carbons (Fsp3) is 0.636. The number of hydrogen-bond donors (Lipinski definition) is 1. The number of nitrogens with one attached hydrogen (secondary N) is 1. The third-order valence-corrected chi connectivity index (χ3v) is 5.65. The quantitative estimate of drug-likeness (QED) is 0.761. The van der Waals surface area contributed by atoms with Gasteiger partial charge in [-0.3, -0.25) is 4.79 Å². The summed E-state index contributed by atoms with van der Waals surface area (Å²) in [7, 11) is 0. The molecular weight excluding hydrogens is 397 g/mol. The van der Waals surface area contributed by atoms with E-state index >= 15 is 0 Å². The predicted molar refractivity (Wildman–Crippen MR) is 106 cm³/mol. The Kier molecular flexibility index (Phi) is 6.07. The van der Waals surface area contributed by atoms with Crippen LogP contribution in [0.25, 0.3) is 0 Å². The van der Waals surface area contributed by atoms with E-state index < -0.39 is 29.4 Å². The van der Waals surface area contributed by atoms with E-state index in [0.29, 0.717) is 25.8 Å². The van der Waals surface area contributed by atoms with Crippen molar-refractivity contribution in [2.75, 3.05) is 6.54 Å². The minimum absolute atomic E-state index is 0.0970. The molecule has 1 saturated heterocycles. The van der Waals surface area contributed by atoms with Crippen LogP contribution >= 0.6 is 0 Å². The zero-order valence-corrected chi connectivity index (χ0v) is 17.8. The van der Waals surface area contributed by atoms with E-state index in [1.807, 2.05) is 6.92 Å². The van der Waals surface area contributed by atoms with E-state index in [9.17, 15) is 22.8 Å². The molecule has 166 valence electrons. The third kappa shape index (κ3) is 5.26. The lowest BCUT2D eigenvalue weighted by atomic mass is 9.97. The summed E-state index contributed by atoms with van der Waals surface area (Å²) in [5.41, 5.74) is -1.03. The summed E-state index contributed by atoms with van der Waals surface area (Å²) in [5, 5.41) is 2.84. The Labute approximate surface area is 175 Å². The fourth-order valence-corrected chi connectivity index (χ4v) is 4.21. The first kappa shape index (κ1) is 22.4. The van der Waals surface area contributed by atoms with Crippen molar-refractivity contribution in [1.82, 2.24) is 10.2 Å². The Morgan fingerprint density at radius 2 is 1.80 bits per heavy atom. The van der Waals surface area contributed by atoms with E-state index in [2.05, 4.69) is 5.32 Å². The number of likely N-dealkylation sites (tertiary alicyclic amines) is 1. The lowest BCUT2D eigenvalue weighted by Crippen LogP contribution is -2.52. The van der Waals surface area contributed by atoms with Crippen LogP contribution in [0.15, 0.2) is 24.3 Å². The van der Waals surface area contributed by atoms with Crippen molar-refractivity contribution < 1.29 is 27.5 Å². The van der Waals surface area contributed by atoms with Crippen LogP contribution in [0, 0.1) is 5.92 Å². The van der Waals surface area contributed by atoms with E-state index in [-0.39, 0.29) is 29.5 Å². The number of alkyl halides is 3. The van der Waals surface area contributed by atoms with Gasteiger partial charge in [0.25, 0.3) is 0 Å². The molecule has 5 nitrogen and oxygen atoms in total. The number of piperidine rings is 1. The van der Waals surface area contributed by atoms with E-state index in [4.69, 9.17) is 4.74 Å². The summed E-state index contributed by atoms with van der Waals surface area (Å²) in [6.07, 6.45) is -3.29. The van der Waals surface area contributed by atoms with Crippen molar-refractivity contribution in [1.29, 1.82) is 0 Å². The second-order valence-electron chi connectivity index (χ2n) is 9.28. The number of ether oxygens (including phenoxy) is 1. The Hall–Kier alpha value is -2.25. The van der Waals surface area contributed by atoms with Crippen molar-refractivity contribution in [3.8, 4) is 0 Å². The molecule has 1 aliphatic heterocycles. The number of amides is 2. The van der Waals surface area contributed by atoms with Crippen molar-refractivity contribution in [3.05, 3.63) is 35.4 Å². The van der Waals surface area contributed by atoms with Crippen molar-refractivity contribution in [2.45, 2.75) is 76.7 Å². The predicted octanol–water partition coefficient (Wildman–Crippen LogP) is 4.71. The van der Waals surface area contributed by atoms with Gasteiger partial charge < -0.3 is 15.0 Å². The first-order chi connectivity index (χ1) is 13.9. The topological polar surface area (TPSA) is 58.6 Å². The third-order valence-electron chi connectivity index (χ3n) is 5.65. The maximum Gasteiger partial charge on any atom is 0.416 e. The number of alkyl carbamates (subject to hydrolysis) is 1. The van der Waals surface area contributed by atoms with Crippen LogP contribution in [0.4, 0.5) is 18.0 Å². The number of rotatable bonds is 3. The average Bonchev–Trinajstić information content (AvgIpc) is 3.39. The molecule has 8 heteroatoms. The van der Waals surface area contributed by atoms with Gasteiger partial charge in [-0.05, 0) is 64.5 Å². The Bertz CT molecular complexity index is 804.